The van der Waals surface area contributed by atoms with Crippen molar-refractivity contribution in [3.63, 3.8) is 0 Å². The van der Waals surface area contributed by atoms with Crippen LogP contribution in [0.25, 0.3) is 67.7 Å². The molecule has 4 aromatic heterocycles. The smallest absolute Gasteiger partial charge is 0.271 e. The molecule has 4 heterocycles. The van der Waals surface area contributed by atoms with Crippen LogP contribution in [0.3, 0.4) is 0 Å². The molecule has 0 radical (unpaired) electrons. The summed E-state index contributed by atoms with van der Waals surface area (Å²) < 4.78 is 43.9. The molecule has 0 aliphatic rings. The van der Waals surface area contributed by atoms with E-state index in [1.807, 2.05) is 191 Å². The molecule has 8 aromatic carbocycles. The fourth-order valence-electron chi connectivity index (χ4n) is 10.7. The molecule has 0 saturated heterocycles. The number of pyridine rings is 1. The lowest BCUT2D eigenvalue weighted by Gasteiger charge is -2.08. The number of hydrogen-bond donors (Lipinski definition) is 0. The molecule has 460 valence electrons. The zero-order chi connectivity index (χ0) is 65.5. The number of fused-ring (bicyclic) bond motifs is 3. The van der Waals surface area contributed by atoms with E-state index in [-0.39, 0.29) is 17.3 Å². The first-order valence-electron chi connectivity index (χ1n) is 30.0. The van der Waals surface area contributed by atoms with Gasteiger partial charge in [-0.15, -0.1) is 0 Å². The summed E-state index contributed by atoms with van der Waals surface area (Å²) in [5.41, 5.74) is 16.0. The summed E-state index contributed by atoms with van der Waals surface area (Å²) in [6.07, 6.45) is 13.4. The third-order valence-electron chi connectivity index (χ3n) is 15.5. The lowest BCUT2D eigenvalue weighted by atomic mass is 10.0. The van der Waals surface area contributed by atoms with Crippen molar-refractivity contribution in [2.24, 2.45) is 0 Å². The van der Waals surface area contributed by atoms with E-state index in [1.54, 1.807) is 36.4 Å². The Morgan fingerprint density at radius 1 is 0.505 bits per heavy atom. The molecule has 0 aliphatic heterocycles. The van der Waals surface area contributed by atoms with E-state index in [4.69, 9.17) is 21.1 Å². The Kier molecular flexibility index (Phi) is 20.6. The number of aryl methyl sites for hydroxylation is 3. The maximum atomic E-state index is 13.3. The first-order valence-corrected chi connectivity index (χ1v) is 30.4. The number of nitro benzene ring substituents is 1. The summed E-state index contributed by atoms with van der Waals surface area (Å²) in [5.74, 6) is 0.840. The van der Waals surface area contributed by atoms with Crippen molar-refractivity contribution in [3.8, 4) is 29.8 Å². The SMILES string of the molecule is CCOc1ccc(Cn2cc(/C=C(\C#N)c3ccc(C)cc3)c3ccc(Cl)cc32)cn1.CCOc1ccc2c(/C=C(\C#N)c3ccc(C)cc3)cn(Cc3ccc(F)cc3)c2c1.Cc1ccc(/C(C#N)=C/c2cn(Cc3ccc(F)cc3)c3cc([N+](=O)[O-])ccc23)cc1. The summed E-state index contributed by atoms with van der Waals surface area (Å²) in [7, 11) is 0. The Labute approximate surface area is 543 Å². The van der Waals surface area contributed by atoms with Crippen molar-refractivity contribution in [1.82, 2.24) is 18.7 Å². The van der Waals surface area contributed by atoms with Crippen molar-refractivity contribution >= 4 is 84.9 Å². The van der Waals surface area contributed by atoms with Crippen LogP contribution in [0.15, 0.2) is 213 Å². The van der Waals surface area contributed by atoms with Gasteiger partial charge in [0.05, 0.1) is 69.6 Å². The number of nitro groups is 1. The molecule has 0 atom stereocenters. The van der Waals surface area contributed by atoms with Crippen molar-refractivity contribution in [3.05, 3.63) is 306 Å². The molecule has 12 rings (SSSR count). The van der Waals surface area contributed by atoms with E-state index in [9.17, 15) is 34.7 Å². The number of halogens is 3. The average molecular weight is 1250 g/mol. The van der Waals surface area contributed by atoms with Gasteiger partial charge in [0, 0.05) is 107 Å². The standard InChI is InChI=1S/C27H23FN2O.C26H22ClN3O.C25H18FN3O2/c1-3-31-25-12-13-26-23(14-22(16-29)21-8-4-19(2)5-9-21)18-30(27(26)15-25)17-20-6-10-24(28)11-7-20;1-3-31-26-11-6-19(15-29-26)16-30-17-22(24-10-9-23(27)13-25(24)30)12-21(14-28)20-7-4-18(2)5-8-20;1-17-2-6-19(7-3-17)20(14-27)12-21-16-28(15-18-4-8-22(26)9-5-18)25-13-23(29(30)31)10-11-24(21)25/h4-15,18H,3,17H2,1-2H3;4-13,15,17H,3,16H2,1-2H3;2-13,16H,15H2,1H3/b22-14+;21-12+;20-12+. The molecular weight excluding hydrogens is 1190 g/mol. The molecular formula is C78H63ClF2N8O4. The Hall–Kier alpha value is -11.6. The normalized spacial score (nSPS) is 11.5. The Morgan fingerprint density at radius 3 is 1.29 bits per heavy atom. The highest BCUT2D eigenvalue weighted by Crippen LogP contribution is 2.34. The quantitative estimate of drug-likeness (QED) is 0.0495. The molecule has 0 N–H and O–H groups in total. The number of ether oxygens (including phenoxy) is 2. The third-order valence-corrected chi connectivity index (χ3v) is 15.7. The van der Waals surface area contributed by atoms with Gasteiger partial charge in [0.2, 0.25) is 5.88 Å². The first kappa shape index (κ1) is 64.4. The van der Waals surface area contributed by atoms with Crippen LogP contribution in [0, 0.1) is 76.5 Å². The van der Waals surface area contributed by atoms with Crippen LogP contribution in [0.4, 0.5) is 14.5 Å². The molecule has 0 spiro atoms. The van der Waals surface area contributed by atoms with E-state index >= 15 is 0 Å². The van der Waals surface area contributed by atoms with E-state index < -0.39 is 4.92 Å². The minimum absolute atomic E-state index is 0.0134. The van der Waals surface area contributed by atoms with Gasteiger partial charge < -0.3 is 23.2 Å². The zero-order valence-electron chi connectivity index (χ0n) is 51.8. The predicted octanol–water partition coefficient (Wildman–Crippen LogP) is 19.2. The first-order chi connectivity index (χ1) is 45.1. The van der Waals surface area contributed by atoms with E-state index in [2.05, 4.69) is 38.5 Å². The number of non-ortho nitro benzene ring substituents is 1. The average Bonchev–Trinajstić information content (AvgIpc) is 1.70. The van der Waals surface area contributed by atoms with Gasteiger partial charge in [-0.25, -0.2) is 13.8 Å². The fraction of sp³-hybridized carbons (Fsp3) is 0.128. The zero-order valence-corrected chi connectivity index (χ0v) is 52.6. The lowest BCUT2D eigenvalue weighted by Crippen LogP contribution is -2.00. The summed E-state index contributed by atoms with van der Waals surface area (Å²) in [6.45, 7) is 12.7. The summed E-state index contributed by atoms with van der Waals surface area (Å²) in [6, 6.07) is 63.6. The Bertz CT molecular complexity index is 4890. The molecule has 15 heteroatoms. The monoisotopic (exact) mass is 1250 g/mol. The number of benzene rings is 8. The van der Waals surface area contributed by atoms with Gasteiger partial charge in [-0.05, 0) is 141 Å². The van der Waals surface area contributed by atoms with Crippen molar-refractivity contribution < 1.29 is 23.2 Å². The number of nitriles is 3. The number of aromatic nitrogens is 4. The second-order valence-electron chi connectivity index (χ2n) is 22.2. The Morgan fingerprint density at radius 2 is 0.892 bits per heavy atom. The highest BCUT2D eigenvalue weighted by molar-refractivity contribution is 6.31. The summed E-state index contributed by atoms with van der Waals surface area (Å²) >= 11 is 6.29. The van der Waals surface area contributed by atoms with E-state index in [0.717, 1.165) is 99.7 Å². The number of hydrogen-bond acceptors (Lipinski definition) is 8. The van der Waals surface area contributed by atoms with Crippen molar-refractivity contribution in [2.75, 3.05) is 13.2 Å². The van der Waals surface area contributed by atoms with Crippen LogP contribution in [-0.4, -0.2) is 36.8 Å². The third kappa shape index (κ3) is 16.1. The second kappa shape index (κ2) is 29.8. The van der Waals surface area contributed by atoms with Gasteiger partial charge in [0.1, 0.15) is 17.4 Å². The van der Waals surface area contributed by atoms with Crippen molar-refractivity contribution in [1.29, 1.82) is 15.8 Å². The molecule has 0 amide bonds. The topological polar surface area (TPSA) is 161 Å². The van der Waals surface area contributed by atoms with Gasteiger partial charge in [0.25, 0.3) is 5.69 Å². The van der Waals surface area contributed by atoms with Crippen LogP contribution in [-0.2, 0) is 19.6 Å². The highest BCUT2D eigenvalue weighted by atomic mass is 35.5. The van der Waals surface area contributed by atoms with Crippen LogP contribution >= 0.6 is 11.6 Å². The van der Waals surface area contributed by atoms with Crippen LogP contribution < -0.4 is 9.47 Å². The minimum Gasteiger partial charge on any atom is -0.494 e. The maximum absolute atomic E-state index is 13.3. The molecule has 0 saturated carbocycles. The predicted molar refractivity (Wildman–Crippen MR) is 368 cm³/mol. The second-order valence-corrected chi connectivity index (χ2v) is 22.6. The van der Waals surface area contributed by atoms with Gasteiger partial charge in [-0.3, -0.25) is 10.1 Å². The van der Waals surface area contributed by atoms with Crippen molar-refractivity contribution in [2.45, 2.75) is 54.3 Å². The molecule has 0 unspecified atom stereocenters. The maximum Gasteiger partial charge on any atom is 0.271 e. The minimum atomic E-state index is -0.433. The molecule has 93 heavy (non-hydrogen) atoms. The molecule has 0 bridgehead atoms. The number of allylic oxidation sites excluding steroid dienone is 3. The summed E-state index contributed by atoms with van der Waals surface area (Å²) in [5, 5.41) is 44.1. The number of rotatable bonds is 17. The van der Waals surface area contributed by atoms with Gasteiger partial charge in [0.15, 0.2) is 0 Å². The summed E-state index contributed by atoms with van der Waals surface area (Å²) in [4.78, 5) is 15.2. The van der Waals surface area contributed by atoms with E-state index in [1.165, 1.54) is 36.4 Å². The lowest BCUT2D eigenvalue weighted by molar-refractivity contribution is -0.384. The highest BCUT2D eigenvalue weighted by Gasteiger charge is 2.17. The molecule has 12 aromatic rings. The van der Waals surface area contributed by atoms with E-state index in [0.29, 0.717) is 66.0 Å². The number of nitrogens with zero attached hydrogens (tertiary/aromatic N) is 8. The Balaban J connectivity index is 0.000000153. The van der Waals surface area contributed by atoms with Gasteiger partial charge in [-0.2, -0.15) is 15.8 Å². The largest absolute Gasteiger partial charge is 0.494 e. The van der Waals surface area contributed by atoms with Crippen LogP contribution in [0.5, 0.6) is 11.6 Å². The molecule has 0 aliphatic carbocycles. The molecule has 0 fully saturated rings. The van der Waals surface area contributed by atoms with Crippen LogP contribution in [0.1, 0.15) is 80.6 Å². The fourth-order valence-corrected chi connectivity index (χ4v) is 10.9. The van der Waals surface area contributed by atoms with Gasteiger partial charge >= 0.3 is 0 Å². The van der Waals surface area contributed by atoms with Gasteiger partial charge in [-0.1, -0.05) is 137 Å². The molecule has 12 nitrogen and oxygen atoms in total. The van der Waals surface area contributed by atoms with Crippen LogP contribution in [0.2, 0.25) is 5.02 Å².